The summed E-state index contributed by atoms with van der Waals surface area (Å²) in [6.07, 6.45) is 3.54. The molecule has 2 N–H and O–H groups in total. The third-order valence-electron chi connectivity index (χ3n) is 3.06. The number of nitrogens with one attached hydrogen (secondary N) is 1. The summed E-state index contributed by atoms with van der Waals surface area (Å²) in [5, 5.41) is 11.9. The Balaban J connectivity index is 1.79. The number of hydrogen-bond acceptors (Lipinski definition) is 3. The van der Waals surface area contributed by atoms with Crippen molar-refractivity contribution in [1.29, 1.82) is 0 Å². The first kappa shape index (κ1) is 12.0. The van der Waals surface area contributed by atoms with Crippen molar-refractivity contribution in [2.75, 3.05) is 19.7 Å². The van der Waals surface area contributed by atoms with Crippen LogP contribution in [0.4, 0.5) is 4.79 Å². The van der Waals surface area contributed by atoms with Gasteiger partial charge in [-0.15, -0.1) is 0 Å². The minimum absolute atomic E-state index is 0.0837. The van der Waals surface area contributed by atoms with Crippen LogP contribution >= 0.6 is 0 Å². The van der Waals surface area contributed by atoms with E-state index < -0.39 is 0 Å². The zero-order chi connectivity index (χ0) is 12.1. The van der Waals surface area contributed by atoms with Crippen molar-refractivity contribution in [3.05, 3.63) is 24.2 Å². The smallest absolute Gasteiger partial charge is 0.317 e. The molecule has 5 nitrogen and oxygen atoms in total. The number of likely N-dealkylation sites (tertiary alicyclic amines) is 1. The molecule has 1 aliphatic heterocycles. The number of piperidine rings is 1. The summed E-state index contributed by atoms with van der Waals surface area (Å²) < 4.78 is 5.14. The molecule has 0 aromatic carbocycles. The molecular formula is C12H18N2O3. The molecule has 1 fully saturated rings. The van der Waals surface area contributed by atoms with Gasteiger partial charge in [0, 0.05) is 19.7 Å². The SMILES string of the molecule is O=C(NCc1ccco1)N1CCCC(CO)C1. The highest BCUT2D eigenvalue weighted by Crippen LogP contribution is 2.15. The number of rotatable bonds is 3. The van der Waals surface area contributed by atoms with Crippen molar-refractivity contribution in [1.82, 2.24) is 10.2 Å². The number of carbonyl (C=O) groups is 1. The maximum atomic E-state index is 11.8. The first-order valence-electron chi connectivity index (χ1n) is 5.95. The quantitative estimate of drug-likeness (QED) is 0.831. The number of aliphatic hydroxyl groups is 1. The fourth-order valence-corrected chi connectivity index (χ4v) is 2.09. The van der Waals surface area contributed by atoms with E-state index in [1.807, 2.05) is 6.07 Å². The molecule has 0 spiro atoms. The molecule has 0 saturated carbocycles. The average Bonchev–Trinajstić information content (AvgIpc) is 2.89. The molecule has 1 aromatic rings. The monoisotopic (exact) mass is 238 g/mol. The van der Waals surface area contributed by atoms with E-state index >= 15 is 0 Å². The van der Waals surface area contributed by atoms with E-state index in [0.29, 0.717) is 13.1 Å². The largest absolute Gasteiger partial charge is 0.467 e. The van der Waals surface area contributed by atoms with E-state index in [1.165, 1.54) is 0 Å². The molecule has 94 valence electrons. The highest BCUT2D eigenvalue weighted by molar-refractivity contribution is 5.74. The van der Waals surface area contributed by atoms with Crippen LogP contribution in [0.3, 0.4) is 0 Å². The number of carbonyl (C=O) groups excluding carboxylic acids is 1. The van der Waals surface area contributed by atoms with Crippen LogP contribution in [0.2, 0.25) is 0 Å². The van der Waals surface area contributed by atoms with Crippen LogP contribution in [0.15, 0.2) is 22.8 Å². The first-order chi connectivity index (χ1) is 8.29. The Morgan fingerprint density at radius 3 is 3.24 bits per heavy atom. The molecule has 2 amide bonds. The molecule has 2 rings (SSSR count). The lowest BCUT2D eigenvalue weighted by atomic mass is 9.99. The summed E-state index contributed by atoms with van der Waals surface area (Å²) in [4.78, 5) is 13.6. The van der Waals surface area contributed by atoms with Gasteiger partial charge in [0.1, 0.15) is 5.76 Å². The lowest BCUT2D eigenvalue weighted by Gasteiger charge is -2.31. The van der Waals surface area contributed by atoms with Gasteiger partial charge in [0.05, 0.1) is 12.8 Å². The summed E-state index contributed by atoms with van der Waals surface area (Å²) >= 11 is 0. The number of urea groups is 1. The third-order valence-corrected chi connectivity index (χ3v) is 3.06. The van der Waals surface area contributed by atoms with E-state index in [-0.39, 0.29) is 18.6 Å². The number of hydrogen-bond donors (Lipinski definition) is 2. The summed E-state index contributed by atoms with van der Waals surface area (Å²) in [5.74, 6) is 0.965. The normalized spacial score (nSPS) is 20.3. The molecule has 0 radical (unpaired) electrons. The molecule has 1 aliphatic rings. The van der Waals surface area contributed by atoms with E-state index in [4.69, 9.17) is 9.52 Å². The molecule has 0 aliphatic carbocycles. The highest BCUT2D eigenvalue weighted by Gasteiger charge is 2.22. The Bertz CT molecular complexity index is 351. The third kappa shape index (κ3) is 3.23. The van der Waals surface area contributed by atoms with Crippen LogP contribution in [0.5, 0.6) is 0 Å². The number of amides is 2. The molecule has 1 saturated heterocycles. The fourth-order valence-electron chi connectivity index (χ4n) is 2.09. The van der Waals surface area contributed by atoms with Crippen LogP contribution in [0, 0.1) is 5.92 Å². The van der Waals surface area contributed by atoms with Gasteiger partial charge in [-0.3, -0.25) is 0 Å². The van der Waals surface area contributed by atoms with Crippen LogP contribution in [-0.4, -0.2) is 35.7 Å². The van der Waals surface area contributed by atoms with Gasteiger partial charge in [-0.2, -0.15) is 0 Å². The van der Waals surface area contributed by atoms with Crippen LogP contribution in [-0.2, 0) is 6.54 Å². The summed E-state index contributed by atoms with van der Waals surface area (Å²) in [5.41, 5.74) is 0. The Morgan fingerprint density at radius 2 is 2.53 bits per heavy atom. The second kappa shape index (κ2) is 5.72. The topological polar surface area (TPSA) is 65.7 Å². The average molecular weight is 238 g/mol. The van der Waals surface area contributed by atoms with Gasteiger partial charge in [0.2, 0.25) is 0 Å². The standard InChI is InChI=1S/C12H18N2O3/c15-9-10-3-1-5-14(8-10)12(16)13-7-11-4-2-6-17-11/h2,4,6,10,15H,1,3,5,7-9H2,(H,13,16). The minimum Gasteiger partial charge on any atom is -0.467 e. The Morgan fingerprint density at radius 1 is 1.65 bits per heavy atom. The van der Waals surface area contributed by atoms with Gasteiger partial charge in [0.15, 0.2) is 0 Å². The molecule has 2 heterocycles. The lowest BCUT2D eigenvalue weighted by molar-refractivity contribution is 0.129. The molecule has 1 unspecified atom stereocenters. The van der Waals surface area contributed by atoms with Crippen molar-refractivity contribution < 1.29 is 14.3 Å². The molecule has 5 heteroatoms. The van der Waals surface area contributed by atoms with Crippen LogP contribution < -0.4 is 5.32 Å². The van der Waals surface area contributed by atoms with Crippen molar-refractivity contribution in [2.24, 2.45) is 5.92 Å². The van der Waals surface area contributed by atoms with Crippen molar-refractivity contribution in [3.63, 3.8) is 0 Å². The Hall–Kier alpha value is -1.49. The number of furan rings is 1. The summed E-state index contributed by atoms with van der Waals surface area (Å²) in [6, 6.07) is 3.54. The zero-order valence-corrected chi connectivity index (χ0v) is 9.76. The minimum atomic E-state index is -0.0837. The maximum absolute atomic E-state index is 11.8. The van der Waals surface area contributed by atoms with Gasteiger partial charge < -0.3 is 19.7 Å². The summed E-state index contributed by atoms with van der Waals surface area (Å²) in [6.45, 7) is 1.97. The predicted molar refractivity (Wildman–Crippen MR) is 62.3 cm³/mol. The molecule has 0 bridgehead atoms. The Kier molecular flexibility index (Phi) is 4.03. The first-order valence-corrected chi connectivity index (χ1v) is 5.95. The Labute approximate surface area is 100 Å². The van der Waals surface area contributed by atoms with E-state index in [9.17, 15) is 4.79 Å². The van der Waals surface area contributed by atoms with Crippen molar-refractivity contribution >= 4 is 6.03 Å². The van der Waals surface area contributed by atoms with E-state index in [2.05, 4.69) is 5.32 Å². The van der Waals surface area contributed by atoms with Crippen LogP contribution in [0.25, 0.3) is 0 Å². The highest BCUT2D eigenvalue weighted by atomic mass is 16.3. The number of nitrogens with zero attached hydrogens (tertiary/aromatic N) is 1. The number of aliphatic hydroxyl groups excluding tert-OH is 1. The fraction of sp³-hybridized carbons (Fsp3) is 0.583. The lowest BCUT2D eigenvalue weighted by Crippen LogP contribution is -2.45. The van der Waals surface area contributed by atoms with Gasteiger partial charge in [-0.25, -0.2) is 4.79 Å². The summed E-state index contributed by atoms with van der Waals surface area (Å²) in [7, 11) is 0. The second-order valence-corrected chi connectivity index (χ2v) is 4.37. The molecule has 17 heavy (non-hydrogen) atoms. The van der Waals surface area contributed by atoms with Crippen molar-refractivity contribution in [3.8, 4) is 0 Å². The van der Waals surface area contributed by atoms with Crippen molar-refractivity contribution in [2.45, 2.75) is 19.4 Å². The molecular weight excluding hydrogens is 220 g/mol. The molecule has 1 atom stereocenters. The maximum Gasteiger partial charge on any atom is 0.317 e. The zero-order valence-electron chi connectivity index (χ0n) is 9.76. The van der Waals surface area contributed by atoms with Gasteiger partial charge in [-0.05, 0) is 30.9 Å². The van der Waals surface area contributed by atoms with Gasteiger partial charge >= 0.3 is 6.03 Å². The van der Waals surface area contributed by atoms with E-state index in [1.54, 1.807) is 17.2 Å². The van der Waals surface area contributed by atoms with Gasteiger partial charge in [0.25, 0.3) is 0 Å². The van der Waals surface area contributed by atoms with E-state index in [0.717, 1.165) is 25.1 Å². The van der Waals surface area contributed by atoms with Crippen LogP contribution in [0.1, 0.15) is 18.6 Å². The predicted octanol–water partition coefficient (Wildman–Crippen LogP) is 1.19. The molecule has 1 aromatic heterocycles. The second-order valence-electron chi connectivity index (χ2n) is 4.37. The van der Waals surface area contributed by atoms with Gasteiger partial charge in [-0.1, -0.05) is 0 Å².